The van der Waals surface area contributed by atoms with Gasteiger partial charge in [-0.1, -0.05) is 20.8 Å². The molecule has 1 aliphatic rings. The highest BCUT2D eigenvalue weighted by Gasteiger charge is 2.31. The third-order valence-corrected chi connectivity index (χ3v) is 4.79. The van der Waals surface area contributed by atoms with Gasteiger partial charge in [-0.15, -0.1) is 0 Å². The molecule has 0 aromatic rings. The van der Waals surface area contributed by atoms with Gasteiger partial charge in [0.1, 0.15) is 0 Å². The molecule has 0 bridgehead atoms. The Labute approximate surface area is 125 Å². The summed E-state index contributed by atoms with van der Waals surface area (Å²) in [4.78, 5) is 24.3. The van der Waals surface area contributed by atoms with E-state index in [1.54, 1.807) is 4.90 Å². The first-order valence-corrected chi connectivity index (χ1v) is 8.68. The van der Waals surface area contributed by atoms with Crippen molar-refractivity contribution in [3.05, 3.63) is 0 Å². The predicted molar refractivity (Wildman–Crippen MR) is 78.2 cm³/mol. The molecule has 0 aromatic heterocycles. The Morgan fingerprint density at radius 2 is 1.76 bits per heavy atom. The van der Waals surface area contributed by atoms with Gasteiger partial charge in [0, 0.05) is 24.5 Å². The Morgan fingerprint density at radius 3 is 2.19 bits per heavy atom. The number of carbonyl (C=O) groups excluding carboxylic acids is 1. The molecule has 0 radical (unpaired) electrons. The summed E-state index contributed by atoms with van der Waals surface area (Å²) in [5.74, 6) is -1.48. The lowest BCUT2D eigenvalue weighted by Gasteiger charge is -2.35. The summed E-state index contributed by atoms with van der Waals surface area (Å²) in [5.41, 5.74) is -0.437. The Morgan fingerprint density at radius 1 is 1.24 bits per heavy atom. The molecule has 0 saturated carbocycles. The number of nitrogens with zero attached hydrogens (tertiary/aromatic N) is 1. The van der Waals surface area contributed by atoms with Crippen molar-refractivity contribution in [2.45, 2.75) is 46.1 Å². The van der Waals surface area contributed by atoms with Crippen LogP contribution in [0, 0.1) is 5.41 Å². The summed E-state index contributed by atoms with van der Waals surface area (Å²) in [7, 11) is -3.58. The molecule has 0 unspecified atom stereocenters. The number of nitrogens with one attached hydrogen (secondary N) is 1. The topological polar surface area (TPSA) is 104 Å². The minimum absolute atomic E-state index is 0.0645. The van der Waals surface area contributed by atoms with Crippen LogP contribution in [-0.2, 0) is 19.6 Å². The van der Waals surface area contributed by atoms with Crippen molar-refractivity contribution in [3.8, 4) is 0 Å². The van der Waals surface area contributed by atoms with Crippen molar-refractivity contribution < 1.29 is 23.1 Å². The summed E-state index contributed by atoms with van der Waals surface area (Å²) in [6.07, 6.45) is 0.693. The fraction of sp³-hybridized carbons (Fsp3) is 0.846. The molecular formula is C13H24N2O5S. The maximum atomic E-state index is 12.1. The number of amides is 1. The molecule has 1 rings (SSSR count). The lowest BCUT2D eigenvalue weighted by atomic mass is 9.93. The summed E-state index contributed by atoms with van der Waals surface area (Å²) in [6, 6.07) is -0.229. The van der Waals surface area contributed by atoms with Crippen molar-refractivity contribution in [2.75, 3.05) is 18.8 Å². The van der Waals surface area contributed by atoms with Crippen molar-refractivity contribution in [3.63, 3.8) is 0 Å². The number of hydrogen-bond donors (Lipinski definition) is 2. The average molecular weight is 320 g/mol. The number of piperidine rings is 1. The monoisotopic (exact) mass is 320 g/mol. The van der Waals surface area contributed by atoms with Crippen molar-refractivity contribution in [2.24, 2.45) is 5.41 Å². The third kappa shape index (κ3) is 6.01. The molecule has 1 aliphatic heterocycles. The van der Waals surface area contributed by atoms with E-state index in [0.717, 1.165) is 0 Å². The van der Waals surface area contributed by atoms with Crippen LogP contribution in [0.3, 0.4) is 0 Å². The van der Waals surface area contributed by atoms with E-state index in [1.165, 1.54) is 0 Å². The average Bonchev–Trinajstić information content (AvgIpc) is 2.35. The number of aliphatic carboxylic acids is 1. The summed E-state index contributed by atoms with van der Waals surface area (Å²) >= 11 is 0. The van der Waals surface area contributed by atoms with Gasteiger partial charge < -0.3 is 10.0 Å². The Balaban J connectivity index is 2.47. The van der Waals surface area contributed by atoms with Crippen LogP contribution < -0.4 is 4.72 Å². The number of rotatable bonds is 5. The van der Waals surface area contributed by atoms with E-state index in [4.69, 9.17) is 5.11 Å². The molecule has 0 aliphatic carbocycles. The van der Waals surface area contributed by atoms with Crippen LogP contribution in [0.2, 0.25) is 0 Å². The van der Waals surface area contributed by atoms with Crippen LogP contribution in [0.4, 0.5) is 0 Å². The summed E-state index contributed by atoms with van der Waals surface area (Å²) in [6.45, 7) is 6.60. The molecule has 122 valence electrons. The smallest absolute Gasteiger partial charge is 0.304 e. The molecule has 1 saturated heterocycles. The van der Waals surface area contributed by atoms with E-state index in [2.05, 4.69) is 4.72 Å². The van der Waals surface area contributed by atoms with Gasteiger partial charge in [0.05, 0.1) is 12.2 Å². The number of carbonyl (C=O) groups is 2. The van der Waals surface area contributed by atoms with Gasteiger partial charge in [-0.3, -0.25) is 9.59 Å². The van der Waals surface area contributed by atoms with Crippen LogP contribution in [0.5, 0.6) is 0 Å². The molecule has 0 atom stereocenters. The third-order valence-electron chi connectivity index (χ3n) is 3.35. The summed E-state index contributed by atoms with van der Waals surface area (Å²) < 4.78 is 26.0. The maximum Gasteiger partial charge on any atom is 0.304 e. The van der Waals surface area contributed by atoms with Gasteiger partial charge in [-0.25, -0.2) is 13.1 Å². The lowest BCUT2D eigenvalue weighted by Crippen LogP contribution is -2.49. The number of sulfonamides is 1. The highest BCUT2D eigenvalue weighted by Crippen LogP contribution is 2.21. The first-order chi connectivity index (χ1) is 9.51. The molecule has 8 heteroatoms. The van der Waals surface area contributed by atoms with E-state index in [0.29, 0.717) is 25.9 Å². The fourth-order valence-corrected chi connectivity index (χ4v) is 3.51. The minimum Gasteiger partial charge on any atom is -0.481 e. The molecule has 1 fully saturated rings. The standard InChI is InChI=1S/C13H24N2O5S/c1-13(2,3)12(18)15-7-4-10(5-8-15)14-21(19,20)9-6-11(16)17/h10,14H,4-9H2,1-3H3,(H,16,17). The number of likely N-dealkylation sites (tertiary alicyclic amines) is 1. The van der Waals surface area contributed by atoms with Gasteiger partial charge in [0.2, 0.25) is 15.9 Å². The van der Waals surface area contributed by atoms with E-state index in [-0.39, 0.29) is 11.9 Å². The second-order valence-corrected chi connectivity index (χ2v) is 8.27. The van der Waals surface area contributed by atoms with Crippen molar-refractivity contribution >= 4 is 21.9 Å². The quantitative estimate of drug-likeness (QED) is 0.764. The largest absolute Gasteiger partial charge is 0.481 e. The van der Waals surface area contributed by atoms with E-state index < -0.39 is 33.6 Å². The van der Waals surface area contributed by atoms with Gasteiger partial charge in [0.15, 0.2) is 0 Å². The molecular weight excluding hydrogens is 296 g/mol. The van der Waals surface area contributed by atoms with Gasteiger partial charge in [-0.2, -0.15) is 0 Å². The molecule has 1 heterocycles. The van der Waals surface area contributed by atoms with E-state index in [9.17, 15) is 18.0 Å². The first kappa shape index (κ1) is 17.9. The molecule has 7 nitrogen and oxygen atoms in total. The minimum atomic E-state index is -3.58. The van der Waals surface area contributed by atoms with Crippen molar-refractivity contribution in [1.29, 1.82) is 0 Å². The molecule has 1 amide bonds. The lowest BCUT2D eigenvalue weighted by molar-refractivity contribution is -0.140. The van der Waals surface area contributed by atoms with Crippen LogP contribution in [0.15, 0.2) is 0 Å². The number of carboxylic acids is 1. The maximum absolute atomic E-state index is 12.1. The molecule has 0 aromatic carbocycles. The molecule has 2 N–H and O–H groups in total. The van der Waals surface area contributed by atoms with E-state index in [1.807, 2.05) is 20.8 Å². The second-order valence-electron chi connectivity index (χ2n) is 6.40. The predicted octanol–water partition coefficient (Wildman–Crippen LogP) is 0.418. The highest BCUT2D eigenvalue weighted by atomic mass is 32.2. The summed E-state index contributed by atoms with van der Waals surface area (Å²) in [5, 5.41) is 8.52. The fourth-order valence-electron chi connectivity index (χ4n) is 2.21. The zero-order chi connectivity index (χ0) is 16.3. The number of carboxylic acid groups (broad SMARTS) is 1. The zero-order valence-corrected chi connectivity index (χ0v) is 13.6. The Hall–Kier alpha value is -1.15. The van der Waals surface area contributed by atoms with Gasteiger partial charge in [-0.05, 0) is 12.8 Å². The zero-order valence-electron chi connectivity index (χ0n) is 12.8. The van der Waals surface area contributed by atoms with Crippen LogP contribution >= 0.6 is 0 Å². The number of hydrogen-bond acceptors (Lipinski definition) is 4. The first-order valence-electron chi connectivity index (χ1n) is 7.02. The van der Waals surface area contributed by atoms with Gasteiger partial charge >= 0.3 is 5.97 Å². The van der Waals surface area contributed by atoms with Gasteiger partial charge in [0.25, 0.3) is 0 Å². The van der Waals surface area contributed by atoms with Crippen LogP contribution in [0.25, 0.3) is 0 Å². The highest BCUT2D eigenvalue weighted by molar-refractivity contribution is 7.89. The Kier molecular flexibility index (Phi) is 5.75. The molecule has 0 spiro atoms. The SMILES string of the molecule is CC(C)(C)C(=O)N1CCC(NS(=O)(=O)CCC(=O)O)CC1. The van der Waals surface area contributed by atoms with Crippen LogP contribution in [-0.4, -0.2) is 55.2 Å². The van der Waals surface area contributed by atoms with Crippen LogP contribution in [0.1, 0.15) is 40.0 Å². The second kappa shape index (κ2) is 6.74. The van der Waals surface area contributed by atoms with Crippen molar-refractivity contribution in [1.82, 2.24) is 9.62 Å². The molecule has 21 heavy (non-hydrogen) atoms. The normalized spacial score (nSPS) is 17.8. The van der Waals surface area contributed by atoms with E-state index >= 15 is 0 Å². The Bertz CT molecular complexity index is 487.